The number of alkyl halides is 3. The molecule has 3 nitrogen and oxygen atoms in total. The van der Waals surface area contributed by atoms with Crippen molar-refractivity contribution < 1.29 is 13.2 Å². The maximum absolute atomic E-state index is 12.6. The predicted octanol–water partition coefficient (Wildman–Crippen LogP) is 4.28. The summed E-state index contributed by atoms with van der Waals surface area (Å²) in [7, 11) is 0. The van der Waals surface area contributed by atoms with Crippen LogP contribution in [0.3, 0.4) is 0 Å². The third kappa shape index (κ3) is 3.48. The summed E-state index contributed by atoms with van der Waals surface area (Å²) in [6, 6.07) is 5.23. The minimum atomic E-state index is -4.67. The molecule has 0 unspecified atom stereocenters. The second kappa shape index (κ2) is 5.82. The second-order valence-electron chi connectivity index (χ2n) is 4.12. The molecule has 1 heterocycles. The van der Waals surface area contributed by atoms with Gasteiger partial charge in [-0.25, -0.2) is 0 Å². The average Bonchev–Trinajstić information content (AvgIpc) is 2.37. The van der Waals surface area contributed by atoms with Crippen molar-refractivity contribution in [2.75, 3.05) is 0 Å². The Morgan fingerprint density at radius 3 is 2.52 bits per heavy atom. The van der Waals surface area contributed by atoms with Gasteiger partial charge < -0.3 is 4.98 Å². The monoisotopic (exact) mass is 354 g/mol. The normalized spacial score (nSPS) is 11.7. The lowest BCUT2D eigenvalue weighted by Crippen LogP contribution is -2.25. The molecule has 0 saturated heterocycles. The van der Waals surface area contributed by atoms with Crippen molar-refractivity contribution in [1.82, 2.24) is 9.55 Å². The van der Waals surface area contributed by atoms with Crippen LogP contribution in [0.15, 0.2) is 29.1 Å². The highest BCUT2D eigenvalue weighted by atomic mass is 35.5. The van der Waals surface area contributed by atoms with E-state index in [1.807, 2.05) is 4.98 Å². The number of nitrogens with one attached hydrogen (secondary N) is 1. The molecule has 0 radical (unpaired) electrons. The molecule has 112 valence electrons. The highest BCUT2D eigenvalue weighted by Gasteiger charge is 2.32. The van der Waals surface area contributed by atoms with Crippen LogP contribution >= 0.6 is 35.4 Å². The Morgan fingerprint density at radius 2 is 1.95 bits per heavy atom. The Hall–Kier alpha value is -1.31. The first-order valence-electron chi connectivity index (χ1n) is 5.54. The van der Waals surface area contributed by atoms with Gasteiger partial charge in [-0.2, -0.15) is 13.2 Å². The van der Waals surface area contributed by atoms with Crippen molar-refractivity contribution in [2.24, 2.45) is 0 Å². The van der Waals surface area contributed by atoms with Crippen molar-refractivity contribution >= 4 is 35.4 Å². The zero-order valence-corrected chi connectivity index (χ0v) is 12.5. The molecule has 0 spiro atoms. The van der Waals surface area contributed by atoms with Crippen LogP contribution in [-0.4, -0.2) is 9.55 Å². The number of nitrogens with zero attached hydrogens (tertiary/aromatic N) is 1. The summed E-state index contributed by atoms with van der Waals surface area (Å²) in [6.45, 7) is -0.0777. The maximum atomic E-state index is 12.6. The van der Waals surface area contributed by atoms with Crippen molar-refractivity contribution in [3.63, 3.8) is 0 Å². The second-order valence-corrected chi connectivity index (χ2v) is 5.30. The van der Waals surface area contributed by atoms with Gasteiger partial charge in [0.15, 0.2) is 4.77 Å². The molecule has 1 aromatic carbocycles. The van der Waals surface area contributed by atoms with Crippen molar-refractivity contribution in [3.05, 3.63) is 60.7 Å². The quantitative estimate of drug-likeness (QED) is 0.817. The number of H-pyrrole nitrogens is 1. The van der Waals surface area contributed by atoms with Gasteiger partial charge >= 0.3 is 6.18 Å². The van der Waals surface area contributed by atoms with E-state index >= 15 is 0 Å². The topological polar surface area (TPSA) is 37.8 Å². The SMILES string of the molecule is O=c1cc(C(F)(F)F)[nH]c(=S)n1Cc1cccc(Cl)c1Cl. The molecule has 0 bridgehead atoms. The first-order chi connectivity index (χ1) is 9.70. The summed E-state index contributed by atoms with van der Waals surface area (Å²) in [5.74, 6) is 0. The summed E-state index contributed by atoms with van der Waals surface area (Å²) in [6.07, 6.45) is -4.67. The van der Waals surface area contributed by atoms with Crippen LogP contribution in [0.25, 0.3) is 0 Å². The van der Waals surface area contributed by atoms with E-state index in [0.717, 1.165) is 4.57 Å². The number of aromatic amines is 1. The number of halogens is 5. The van der Waals surface area contributed by atoms with Gasteiger partial charge in [0.2, 0.25) is 0 Å². The summed E-state index contributed by atoms with van der Waals surface area (Å²) >= 11 is 16.6. The van der Waals surface area contributed by atoms with Gasteiger partial charge in [-0.1, -0.05) is 35.3 Å². The van der Waals surface area contributed by atoms with E-state index in [1.54, 1.807) is 18.2 Å². The highest BCUT2D eigenvalue weighted by Crippen LogP contribution is 2.27. The third-order valence-corrected chi connectivity index (χ3v) is 3.87. The lowest BCUT2D eigenvalue weighted by molar-refractivity contribution is -0.141. The lowest BCUT2D eigenvalue weighted by atomic mass is 10.2. The summed E-state index contributed by atoms with van der Waals surface area (Å²) in [5, 5.41) is 0.504. The van der Waals surface area contributed by atoms with E-state index in [0.29, 0.717) is 11.6 Å². The molecule has 0 amide bonds. The van der Waals surface area contributed by atoms with Gasteiger partial charge in [-0.3, -0.25) is 9.36 Å². The van der Waals surface area contributed by atoms with E-state index in [1.165, 1.54) is 0 Å². The molecular formula is C12H7Cl2F3N2OS. The number of aromatic nitrogens is 2. The first-order valence-corrected chi connectivity index (χ1v) is 6.71. The molecule has 2 rings (SSSR count). The molecule has 0 aliphatic rings. The van der Waals surface area contributed by atoms with Gasteiger partial charge in [-0.05, 0) is 23.8 Å². The van der Waals surface area contributed by atoms with Crippen LogP contribution in [0.5, 0.6) is 0 Å². The molecule has 1 N–H and O–H groups in total. The van der Waals surface area contributed by atoms with E-state index < -0.39 is 17.4 Å². The molecule has 0 atom stereocenters. The van der Waals surface area contributed by atoms with Gasteiger partial charge in [0.1, 0.15) is 5.69 Å². The Labute approximate surface area is 131 Å². The zero-order chi connectivity index (χ0) is 15.8. The number of rotatable bonds is 2. The molecule has 21 heavy (non-hydrogen) atoms. The van der Waals surface area contributed by atoms with Crippen LogP contribution in [0, 0.1) is 4.77 Å². The molecule has 0 aliphatic carbocycles. The van der Waals surface area contributed by atoms with Gasteiger partial charge in [-0.15, -0.1) is 0 Å². The Morgan fingerprint density at radius 1 is 1.29 bits per heavy atom. The third-order valence-electron chi connectivity index (χ3n) is 2.69. The highest BCUT2D eigenvalue weighted by molar-refractivity contribution is 7.71. The van der Waals surface area contributed by atoms with Crippen LogP contribution in [0.2, 0.25) is 10.0 Å². The average molecular weight is 355 g/mol. The summed E-state index contributed by atoms with van der Waals surface area (Å²) in [5.41, 5.74) is -1.58. The van der Waals surface area contributed by atoms with E-state index in [-0.39, 0.29) is 21.4 Å². The fraction of sp³-hybridized carbons (Fsp3) is 0.167. The first kappa shape index (κ1) is 16.1. The molecule has 1 aromatic heterocycles. The number of benzene rings is 1. The molecule has 2 aromatic rings. The smallest absolute Gasteiger partial charge is 0.328 e. The standard InChI is InChI=1S/C12H7Cl2F3N2OS/c13-7-3-1-2-6(10(7)14)5-19-9(20)4-8(12(15,16)17)18-11(19)21/h1-4H,5H2,(H,18,21). The molecule has 9 heteroatoms. The van der Waals surface area contributed by atoms with Crippen LogP contribution in [0.1, 0.15) is 11.3 Å². The summed E-state index contributed by atoms with van der Waals surface area (Å²) < 4.78 is 38.3. The van der Waals surface area contributed by atoms with Crippen LogP contribution in [0.4, 0.5) is 13.2 Å². The fourth-order valence-electron chi connectivity index (χ4n) is 1.66. The van der Waals surface area contributed by atoms with Crippen molar-refractivity contribution in [1.29, 1.82) is 0 Å². The lowest BCUT2D eigenvalue weighted by Gasteiger charge is -2.11. The fourth-order valence-corrected chi connectivity index (χ4v) is 2.31. The molecule has 0 saturated carbocycles. The Balaban J connectivity index is 2.50. The van der Waals surface area contributed by atoms with E-state index in [9.17, 15) is 18.0 Å². The number of hydrogen-bond donors (Lipinski definition) is 1. The Kier molecular flexibility index (Phi) is 4.46. The summed E-state index contributed by atoms with van der Waals surface area (Å²) in [4.78, 5) is 13.8. The van der Waals surface area contributed by atoms with E-state index in [4.69, 9.17) is 35.4 Å². The van der Waals surface area contributed by atoms with Crippen molar-refractivity contribution in [3.8, 4) is 0 Å². The zero-order valence-electron chi connectivity index (χ0n) is 10.2. The largest absolute Gasteiger partial charge is 0.431 e. The predicted molar refractivity (Wildman–Crippen MR) is 76.5 cm³/mol. The van der Waals surface area contributed by atoms with Crippen LogP contribution in [-0.2, 0) is 12.7 Å². The van der Waals surface area contributed by atoms with E-state index in [2.05, 4.69) is 0 Å². The van der Waals surface area contributed by atoms with Gasteiger partial charge in [0.25, 0.3) is 5.56 Å². The molecular weight excluding hydrogens is 348 g/mol. The van der Waals surface area contributed by atoms with Gasteiger partial charge in [0.05, 0.1) is 16.6 Å². The minimum Gasteiger partial charge on any atom is -0.328 e. The van der Waals surface area contributed by atoms with Crippen LogP contribution < -0.4 is 5.56 Å². The Bertz CT molecular complexity index is 767. The number of hydrogen-bond acceptors (Lipinski definition) is 2. The molecule has 0 aliphatic heterocycles. The van der Waals surface area contributed by atoms with Crippen molar-refractivity contribution in [2.45, 2.75) is 12.7 Å². The maximum Gasteiger partial charge on any atom is 0.431 e. The molecule has 0 fully saturated rings. The van der Waals surface area contributed by atoms with Gasteiger partial charge in [0, 0.05) is 6.07 Å². The minimum absolute atomic E-state index is 0.0777.